The van der Waals surface area contributed by atoms with Gasteiger partial charge in [-0.2, -0.15) is 4.98 Å². The monoisotopic (exact) mass is 354 g/mol. The number of hydrogen-bond donors (Lipinski definition) is 2. The quantitative estimate of drug-likeness (QED) is 0.575. The summed E-state index contributed by atoms with van der Waals surface area (Å²) in [6, 6.07) is 1.57. The molecule has 4 aromatic rings. The summed E-state index contributed by atoms with van der Waals surface area (Å²) in [6.07, 6.45) is 7.20. The van der Waals surface area contributed by atoms with E-state index in [0.29, 0.717) is 23.8 Å². The second-order valence-electron chi connectivity index (χ2n) is 6.35. The highest BCUT2D eigenvalue weighted by Gasteiger charge is 2.13. The second kappa shape index (κ2) is 6.38. The Morgan fingerprint density at radius 3 is 3.00 bits per heavy atom. The molecule has 26 heavy (non-hydrogen) atoms. The smallest absolute Gasteiger partial charge is 0.224 e. The van der Waals surface area contributed by atoms with Gasteiger partial charge in [0.05, 0.1) is 12.3 Å². The van der Waals surface area contributed by atoms with Gasteiger partial charge in [0.1, 0.15) is 5.65 Å². The number of nitrogens with zero attached hydrogens (tertiary/aromatic N) is 4. The zero-order valence-corrected chi connectivity index (χ0v) is 14.7. The number of rotatable bonds is 5. The first kappa shape index (κ1) is 16.5. The first-order chi connectivity index (χ1) is 12.5. The number of ether oxygens (including phenoxy) is 1. The molecule has 0 bridgehead atoms. The molecule has 134 valence electrons. The molecule has 0 spiro atoms. The van der Waals surface area contributed by atoms with Crippen molar-refractivity contribution in [2.24, 2.45) is 0 Å². The highest BCUT2D eigenvalue weighted by atomic mass is 19.1. The van der Waals surface area contributed by atoms with Crippen LogP contribution in [0.5, 0.6) is 0 Å². The maximum atomic E-state index is 14.4. The first-order valence-electron chi connectivity index (χ1n) is 8.30. The van der Waals surface area contributed by atoms with Crippen LogP contribution in [0.4, 0.5) is 10.3 Å². The Kier molecular flexibility index (Phi) is 4.04. The van der Waals surface area contributed by atoms with E-state index in [1.807, 2.05) is 26.2 Å². The summed E-state index contributed by atoms with van der Waals surface area (Å²) >= 11 is 0. The Balaban J connectivity index is 1.73. The predicted molar refractivity (Wildman–Crippen MR) is 97.7 cm³/mol. The third-order valence-electron chi connectivity index (χ3n) is 4.16. The number of nitrogens with one attached hydrogen (secondary N) is 2. The standard InChI is InChI=1S/C18H19FN6O/c1-10-7-25-8-12(4-15(19)17(25)22-10)13-5-20-16-14(13)6-21-18(24-16)23-11(2)9-26-3/h4-8,11H,9H2,1-3H3,(H2,20,21,23,24). The minimum atomic E-state index is -0.363. The fraction of sp³-hybridized carbons (Fsp3) is 0.278. The van der Waals surface area contributed by atoms with Gasteiger partial charge in [-0.25, -0.2) is 14.4 Å². The molecule has 0 aliphatic carbocycles. The molecule has 8 heteroatoms. The first-order valence-corrected chi connectivity index (χ1v) is 8.30. The van der Waals surface area contributed by atoms with Crippen LogP contribution in [-0.4, -0.2) is 44.1 Å². The lowest BCUT2D eigenvalue weighted by Crippen LogP contribution is -2.22. The Labute approximate surface area is 149 Å². The van der Waals surface area contributed by atoms with Crippen LogP contribution in [0.1, 0.15) is 12.6 Å². The zero-order chi connectivity index (χ0) is 18.3. The molecular weight excluding hydrogens is 335 g/mol. The number of anilines is 1. The summed E-state index contributed by atoms with van der Waals surface area (Å²) in [5, 5.41) is 4.00. The van der Waals surface area contributed by atoms with Crippen LogP contribution in [0.3, 0.4) is 0 Å². The molecule has 1 atom stereocenters. The van der Waals surface area contributed by atoms with Gasteiger partial charge in [0, 0.05) is 54.5 Å². The van der Waals surface area contributed by atoms with Crippen molar-refractivity contribution < 1.29 is 9.13 Å². The van der Waals surface area contributed by atoms with Gasteiger partial charge >= 0.3 is 0 Å². The molecule has 4 rings (SSSR count). The number of aromatic nitrogens is 5. The number of halogens is 1. The summed E-state index contributed by atoms with van der Waals surface area (Å²) in [4.78, 5) is 16.2. The van der Waals surface area contributed by atoms with Gasteiger partial charge in [0.15, 0.2) is 11.5 Å². The number of imidazole rings is 1. The van der Waals surface area contributed by atoms with E-state index in [1.165, 1.54) is 6.07 Å². The number of pyridine rings is 1. The number of H-pyrrole nitrogens is 1. The van der Waals surface area contributed by atoms with E-state index in [1.54, 1.807) is 23.9 Å². The normalized spacial score (nSPS) is 12.8. The minimum Gasteiger partial charge on any atom is -0.383 e. The Morgan fingerprint density at radius 2 is 2.19 bits per heavy atom. The molecule has 0 radical (unpaired) electrons. The van der Waals surface area contributed by atoms with Crippen LogP contribution in [0, 0.1) is 12.7 Å². The molecule has 2 N–H and O–H groups in total. The van der Waals surface area contributed by atoms with Crippen LogP contribution in [-0.2, 0) is 4.74 Å². The van der Waals surface area contributed by atoms with Gasteiger partial charge in [0.25, 0.3) is 0 Å². The van der Waals surface area contributed by atoms with Gasteiger partial charge in [0.2, 0.25) is 5.95 Å². The van der Waals surface area contributed by atoms with E-state index < -0.39 is 0 Å². The Morgan fingerprint density at radius 1 is 1.35 bits per heavy atom. The molecule has 4 aromatic heterocycles. The molecule has 0 amide bonds. The van der Waals surface area contributed by atoms with Gasteiger partial charge in [-0.3, -0.25) is 0 Å². The maximum absolute atomic E-state index is 14.4. The molecule has 4 heterocycles. The molecule has 0 saturated carbocycles. The van der Waals surface area contributed by atoms with E-state index in [-0.39, 0.29) is 11.9 Å². The van der Waals surface area contributed by atoms with Crippen molar-refractivity contribution in [1.82, 2.24) is 24.3 Å². The summed E-state index contributed by atoms with van der Waals surface area (Å²) in [5.74, 6) is 0.153. The fourth-order valence-electron chi connectivity index (χ4n) is 3.05. The van der Waals surface area contributed by atoms with Crippen LogP contribution in [0.25, 0.3) is 27.8 Å². The van der Waals surface area contributed by atoms with Crippen LogP contribution in [0.2, 0.25) is 0 Å². The molecule has 0 aromatic carbocycles. The van der Waals surface area contributed by atoms with Gasteiger partial charge in [-0.1, -0.05) is 0 Å². The largest absolute Gasteiger partial charge is 0.383 e. The lowest BCUT2D eigenvalue weighted by molar-refractivity contribution is 0.190. The minimum absolute atomic E-state index is 0.0906. The van der Waals surface area contributed by atoms with Gasteiger partial charge < -0.3 is 19.4 Å². The Hall–Kier alpha value is -3.00. The van der Waals surface area contributed by atoms with Crippen LogP contribution in [0.15, 0.2) is 30.9 Å². The lowest BCUT2D eigenvalue weighted by Gasteiger charge is -2.12. The molecule has 0 aliphatic rings. The van der Waals surface area contributed by atoms with Gasteiger partial charge in [-0.05, 0) is 19.9 Å². The van der Waals surface area contributed by atoms with Crippen molar-refractivity contribution in [1.29, 1.82) is 0 Å². The highest BCUT2D eigenvalue weighted by molar-refractivity contribution is 5.93. The van der Waals surface area contributed by atoms with Crippen molar-refractivity contribution in [3.8, 4) is 11.1 Å². The van der Waals surface area contributed by atoms with Gasteiger partial charge in [-0.15, -0.1) is 0 Å². The Bertz CT molecular complexity index is 1090. The van der Waals surface area contributed by atoms with Crippen molar-refractivity contribution in [3.05, 3.63) is 42.4 Å². The number of fused-ring (bicyclic) bond motifs is 2. The van der Waals surface area contributed by atoms with Crippen LogP contribution >= 0.6 is 0 Å². The van der Waals surface area contributed by atoms with Crippen molar-refractivity contribution in [2.75, 3.05) is 19.0 Å². The molecule has 0 aliphatic heterocycles. The van der Waals surface area contributed by atoms with Crippen molar-refractivity contribution in [2.45, 2.75) is 19.9 Å². The zero-order valence-electron chi connectivity index (χ0n) is 14.7. The maximum Gasteiger partial charge on any atom is 0.224 e. The van der Waals surface area contributed by atoms with Crippen LogP contribution < -0.4 is 5.32 Å². The van der Waals surface area contributed by atoms with Crippen molar-refractivity contribution in [3.63, 3.8) is 0 Å². The highest BCUT2D eigenvalue weighted by Crippen LogP contribution is 2.29. The topological polar surface area (TPSA) is 80.1 Å². The molecule has 7 nitrogen and oxygen atoms in total. The van der Waals surface area contributed by atoms with E-state index in [0.717, 1.165) is 22.2 Å². The summed E-state index contributed by atoms with van der Waals surface area (Å²) < 4.78 is 21.2. The summed E-state index contributed by atoms with van der Waals surface area (Å²) in [6.45, 7) is 4.38. The van der Waals surface area contributed by atoms with E-state index >= 15 is 0 Å². The molecule has 0 saturated heterocycles. The third-order valence-corrected chi connectivity index (χ3v) is 4.16. The molecule has 1 unspecified atom stereocenters. The third kappa shape index (κ3) is 2.88. The lowest BCUT2D eigenvalue weighted by atomic mass is 10.1. The number of methoxy groups -OCH3 is 1. The van der Waals surface area contributed by atoms with Crippen molar-refractivity contribution >= 4 is 22.6 Å². The summed E-state index contributed by atoms with van der Waals surface area (Å²) in [5.41, 5.74) is 3.34. The van der Waals surface area contributed by atoms with E-state index in [4.69, 9.17) is 4.74 Å². The number of hydrogen-bond acceptors (Lipinski definition) is 5. The second-order valence-corrected chi connectivity index (χ2v) is 6.35. The van der Waals surface area contributed by atoms with E-state index in [9.17, 15) is 4.39 Å². The number of aryl methyl sites for hydroxylation is 1. The fourth-order valence-corrected chi connectivity index (χ4v) is 3.05. The molecular formula is C18H19FN6O. The average molecular weight is 354 g/mol. The average Bonchev–Trinajstić information content (AvgIpc) is 3.17. The summed E-state index contributed by atoms with van der Waals surface area (Å²) in [7, 11) is 1.65. The SMILES string of the molecule is COCC(C)Nc1ncc2c(-c3cc(F)c4nc(C)cn4c3)c[nH]c2n1. The predicted octanol–water partition coefficient (Wildman–Crippen LogP) is 3.17. The van der Waals surface area contributed by atoms with E-state index in [2.05, 4.69) is 25.3 Å². The molecule has 0 fully saturated rings. The number of aromatic amines is 1.